The van der Waals surface area contributed by atoms with Crippen LogP contribution in [0.2, 0.25) is 0 Å². The van der Waals surface area contributed by atoms with Gasteiger partial charge in [0.1, 0.15) is 22.9 Å². The van der Waals surface area contributed by atoms with Crippen molar-refractivity contribution in [2.45, 2.75) is 23.3 Å². The van der Waals surface area contributed by atoms with E-state index in [1.54, 1.807) is 0 Å². The van der Waals surface area contributed by atoms with Crippen LogP contribution in [0.3, 0.4) is 0 Å². The smallest absolute Gasteiger partial charge is 0.388 e. The maximum absolute atomic E-state index is 11.9. The molecule has 2 heterocycles. The Bertz CT molecular complexity index is 937. The average molecular weight is 527 g/mol. The van der Waals surface area contributed by atoms with Crippen LogP contribution in [0.1, 0.15) is 0 Å². The van der Waals surface area contributed by atoms with E-state index in [0.29, 0.717) is 0 Å². The first-order chi connectivity index (χ1) is 14.0. The van der Waals surface area contributed by atoms with Gasteiger partial charge in [0.2, 0.25) is 0 Å². The van der Waals surface area contributed by atoms with Crippen molar-refractivity contribution in [1.82, 2.24) is 10.2 Å². The molecule has 2 rings (SSSR count). The molecule has 2 unspecified atom stereocenters. The fourth-order valence-electron chi connectivity index (χ4n) is 2.55. The van der Waals surface area contributed by atoms with Crippen molar-refractivity contribution in [3.8, 4) is 0 Å². The maximum atomic E-state index is 11.9. The van der Waals surface area contributed by atoms with E-state index in [-0.39, 0.29) is 5.82 Å². The average Bonchev–Trinajstić information content (AvgIpc) is 2.82. The highest BCUT2D eigenvalue weighted by Gasteiger charge is 2.56. The van der Waals surface area contributed by atoms with E-state index in [1.165, 1.54) is 11.1 Å². The number of hydrogen-bond donors (Lipinski definition) is 6. The van der Waals surface area contributed by atoms with Crippen molar-refractivity contribution in [2.75, 3.05) is 6.61 Å². The highest BCUT2D eigenvalue weighted by atomic mass is 35.5. The van der Waals surface area contributed by atoms with Crippen LogP contribution >= 0.6 is 35.1 Å². The van der Waals surface area contributed by atoms with Crippen LogP contribution in [-0.4, -0.2) is 65.4 Å². The quantitative estimate of drug-likeness (QED) is 0.132. The molecule has 0 bridgehead atoms. The van der Waals surface area contributed by atoms with Crippen LogP contribution in [0.5, 0.6) is 0 Å². The molecule has 1 amide bonds. The third-order valence-electron chi connectivity index (χ3n) is 3.87. The lowest BCUT2D eigenvalue weighted by Gasteiger charge is -2.33. The van der Waals surface area contributed by atoms with Gasteiger partial charge in [-0.3, -0.25) is 9.32 Å². The highest BCUT2D eigenvalue weighted by Crippen LogP contribution is 2.66. The Labute approximate surface area is 180 Å². The van der Waals surface area contributed by atoms with E-state index in [4.69, 9.17) is 26.1 Å². The normalized spacial score (nSPS) is 33.0. The Morgan fingerprint density at radius 3 is 2.39 bits per heavy atom. The molecule has 6 atom stereocenters. The summed E-state index contributed by atoms with van der Waals surface area (Å²) in [6.07, 6.45) is 0.558. The molecule has 0 spiro atoms. The van der Waals surface area contributed by atoms with Crippen molar-refractivity contribution in [3.63, 3.8) is 0 Å². The summed E-state index contributed by atoms with van der Waals surface area (Å²) in [5.74, 6) is -0.434. The number of phosphoric ester groups is 1. The third kappa shape index (κ3) is 6.56. The number of aliphatic hydroxyl groups excluding tert-OH is 1. The number of carbonyl (C=O) groups excluding carboxylic acids is 1. The second-order valence-corrected chi connectivity index (χ2v) is 11.0. The SMILES string of the molecule is C=C[C@]1(COP(=O)(O)OP(=O)(O)OP(=O)(O)O)O[C@@H](N2C=CC(=O)NC2=C)[C@H](Cl)[C@@H]1O. The zero-order chi connectivity index (χ0) is 23.8. The van der Waals surface area contributed by atoms with Gasteiger partial charge in [0.25, 0.3) is 5.91 Å². The molecule has 15 nitrogen and oxygen atoms in total. The minimum Gasteiger partial charge on any atom is -0.388 e. The van der Waals surface area contributed by atoms with E-state index in [9.17, 15) is 33.4 Å². The van der Waals surface area contributed by atoms with Gasteiger partial charge in [-0.25, -0.2) is 13.7 Å². The lowest BCUT2D eigenvalue weighted by molar-refractivity contribution is -0.120. The summed E-state index contributed by atoms with van der Waals surface area (Å²) < 4.78 is 51.4. The molecular weight excluding hydrogens is 509 g/mol. The van der Waals surface area contributed by atoms with Gasteiger partial charge in [-0.15, -0.1) is 18.2 Å². The number of nitrogens with one attached hydrogen (secondary N) is 1. The Morgan fingerprint density at radius 1 is 1.26 bits per heavy atom. The summed E-state index contributed by atoms with van der Waals surface area (Å²) >= 11 is 6.19. The maximum Gasteiger partial charge on any atom is 0.490 e. The van der Waals surface area contributed by atoms with E-state index in [0.717, 1.165) is 12.2 Å². The lowest BCUT2D eigenvalue weighted by atomic mass is 9.98. The molecule has 0 aromatic rings. The molecule has 2 aliphatic heterocycles. The Hall–Kier alpha value is -0.890. The summed E-state index contributed by atoms with van der Waals surface area (Å²) in [4.78, 5) is 48.5. The Balaban J connectivity index is 2.16. The molecule has 176 valence electrons. The van der Waals surface area contributed by atoms with Gasteiger partial charge in [0, 0.05) is 12.3 Å². The first-order valence-electron chi connectivity index (χ1n) is 7.89. The van der Waals surface area contributed by atoms with Gasteiger partial charge in [-0.05, 0) is 0 Å². The predicted molar refractivity (Wildman–Crippen MR) is 102 cm³/mol. The summed E-state index contributed by atoms with van der Waals surface area (Å²) in [6.45, 7) is 6.02. The topological polar surface area (TPSA) is 222 Å². The van der Waals surface area contributed by atoms with Crippen LogP contribution in [0.15, 0.2) is 37.3 Å². The number of hydrogen-bond acceptors (Lipinski definition) is 10. The van der Waals surface area contributed by atoms with Gasteiger partial charge in [-0.1, -0.05) is 12.7 Å². The number of nitrogens with zero attached hydrogens (tertiary/aromatic N) is 1. The van der Waals surface area contributed by atoms with Crippen LogP contribution < -0.4 is 5.32 Å². The van der Waals surface area contributed by atoms with Gasteiger partial charge in [-0.2, -0.15) is 8.62 Å². The van der Waals surface area contributed by atoms with Crippen LogP contribution in [0.25, 0.3) is 0 Å². The number of ether oxygens (including phenoxy) is 1. The Kier molecular flexibility index (Phi) is 7.79. The van der Waals surface area contributed by atoms with Gasteiger partial charge in [0.05, 0.1) is 6.61 Å². The first kappa shape index (κ1) is 26.4. The second kappa shape index (κ2) is 9.16. The van der Waals surface area contributed by atoms with Gasteiger partial charge in [0.15, 0.2) is 6.23 Å². The first-order valence-corrected chi connectivity index (χ1v) is 12.8. The van der Waals surface area contributed by atoms with Crippen molar-refractivity contribution in [1.29, 1.82) is 0 Å². The zero-order valence-corrected chi connectivity index (χ0v) is 18.7. The number of amides is 1. The number of phosphoric acid groups is 3. The van der Waals surface area contributed by atoms with E-state index in [1.807, 2.05) is 0 Å². The number of carbonyl (C=O) groups is 1. The summed E-state index contributed by atoms with van der Waals surface area (Å²) in [5.41, 5.74) is -1.96. The second-order valence-electron chi connectivity index (χ2n) is 6.08. The fraction of sp³-hybridized carbons (Fsp3) is 0.417. The van der Waals surface area contributed by atoms with E-state index < -0.39 is 59.3 Å². The summed E-state index contributed by atoms with van der Waals surface area (Å²) in [6, 6.07) is 0. The molecule has 0 saturated carbocycles. The molecule has 1 saturated heterocycles. The monoisotopic (exact) mass is 526 g/mol. The van der Waals surface area contributed by atoms with Crippen molar-refractivity contribution < 1.29 is 61.1 Å². The number of aliphatic hydroxyl groups is 1. The van der Waals surface area contributed by atoms with E-state index >= 15 is 0 Å². The molecule has 0 aromatic carbocycles. The molecule has 1 fully saturated rings. The molecule has 31 heavy (non-hydrogen) atoms. The molecule has 6 N–H and O–H groups in total. The lowest BCUT2D eigenvalue weighted by Crippen LogP contribution is -2.44. The molecule has 0 aliphatic carbocycles. The van der Waals surface area contributed by atoms with Gasteiger partial charge < -0.3 is 39.6 Å². The standard InChI is InChI=1S/C12H18ClN2O13P3/c1-3-12(6-25-30(21,22)28-31(23,24)27-29(18,19)20)10(17)9(13)11(26-12)15-5-4-8(16)14-7(15)2/h3-5,9-11,17H,1-2,6H2,(H,14,16)(H,21,22)(H,23,24)(H2,18,19,20)/t9-,10+,11-,12-/m1/s1. The van der Waals surface area contributed by atoms with Crippen molar-refractivity contribution in [2.24, 2.45) is 0 Å². The molecule has 0 aromatic heterocycles. The van der Waals surface area contributed by atoms with Crippen molar-refractivity contribution in [3.05, 3.63) is 37.3 Å². The zero-order valence-electron chi connectivity index (χ0n) is 15.3. The number of rotatable bonds is 9. The predicted octanol–water partition coefficient (Wildman–Crippen LogP) is -0.00420. The number of alkyl halides is 1. The largest absolute Gasteiger partial charge is 0.490 e. The minimum absolute atomic E-state index is 0.0445. The minimum atomic E-state index is -5.73. The fourth-order valence-corrected chi connectivity index (χ4v) is 6.00. The van der Waals surface area contributed by atoms with Gasteiger partial charge >= 0.3 is 23.5 Å². The Morgan fingerprint density at radius 2 is 1.87 bits per heavy atom. The molecule has 2 aliphatic rings. The van der Waals surface area contributed by atoms with E-state index in [2.05, 4.69) is 31.6 Å². The van der Waals surface area contributed by atoms with Crippen molar-refractivity contribution >= 4 is 41.0 Å². The highest BCUT2D eigenvalue weighted by molar-refractivity contribution is 7.66. The third-order valence-corrected chi connectivity index (χ3v) is 8.11. The van der Waals surface area contributed by atoms with Crippen LogP contribution in [0.4, 0.5) is 0 Å². The van der Waals surface area contributed by atoms with Crippen LogP contribution in [0, 0.1) is 0 Å². The number of halogens is 1. The summed E-state index contributed by atoms with van der Waals surface area (Å²) in [5, 5.41) is 11.7. The summed E-state index contributed by atoms with van der Waals surface area (Å²) in [7, 11) is -16.8. The van der Waals surface area contributed by atoms with Crippen LogP contribution in [-0.2, 0) is 36.4 Å². The molecular formula is C12H18ClN2O13P3. The molecule has 19 heteroatoms. The molecule has 0 radical (unpaired) electrons.